The summed E-state index contributed by atoms with van der Waals surface area (Å²) in [6, 6.07) is 18.0. The number of carbonyl (C=O) groups is 1. The molecule has 43 heavy (non-hydrogen) atoms. The van der Waals surface area contributed by atoms with Gasteiger partial charge in [0.15, 0.2) is 11.5 Å². The van der Waals surface area contributed by atoms with Gasteiger partial charge in [-0.25, -0.2) is 9.48 Å². The quantitative estimate of drug-likeness (QED) is 0.123. The third kappa shape index (κ3) is 7.15. The predicted molar refractivity (Wildman–Crippen MR) is 173 cm³/mol. The van der Waals surface area contributed by atoms with Crippen LogP contribution >= 0.6 is 50.9 Å². The number of allylic oxidation sites excluding steroid dienone is 1. The summed E-state index contributed by atoms with van der Waals surface area (Å²) in [6.45, 7) is 6.55. The molecule has 0 radical (unpaired) electrons. The number of fused-ring (bicyclic) bond motifs is 1. The van der Waals surface area contributed by atoms with Crippen molar-refractivity contribution < 1.29 is 19.0 Å². The van der Waals surface area contributed by atoms with Gasteiger partial charge in [-0.2, -0.15) is 4.98 Å². The van der Waals surface area contributed by atoms with E-state index in [4.69, 9.17) is 42.5 Å². The Kier molecular flexibility index (Phi) is 10.2. The number of aromatic nitrogens is 3. The fraction of sp³-hybridized carbons (Fsp3) is 0.258. The van der Waals surface area contributed by atoms with Gasteiger partial charge in [0, 0.05) is 5.70 Å². The molecule has 8 nitrogen and oxygen atoms in total. The van der Waals surface area contributed by atoms with Gasteiger partial charge in [0.2, 0.25) is 11.1 Å². The summed E-state index contributed by atoms with van der Waals surface area (Å²) >= 11 is 17.5. The van der Waals surface area contributed by atoms with Crippen molar-refractivity contribution in [3.63, 3.8) is 0 Å². The highest BCUT2D eigenvalue weighted by Crippen LogP contribution is 2.44. The third-order valence-electron chi connectivity index (χ3n) is 6.55. The number of anilines is 1. The second-order valence-electron chi connectivity index (χ2n) is 9.52. The summed E-state index contributed by atoms with van der Waals surface area (Å²) in [6.07, 6.45) is 0. The smallest absolute Gasteiger partial charge is 0.338 e. The minimum Gasteiger partial charge on any atom is -0.490 e. The van der Waals surface area contributed by atoms with Gasteiger partial charge in [-0.1, -0.05) is 78.3 Å². The predicted octanol–water partition coefficient (Wildman–Crippen LogP) is 8.47. The van der Waals surface area contributed by atoms with E-state index < -0.39 is 12.0 Å². The fourth-order valence-electron chi connectivity index (χ4n) is 4.63. The van der Waals surface area contributed by atoms with Crippen molar-refractivity contribution in [2.24, 2.45) is 0 Å². The van der Waals surface area contributed by atoms with E-state index in [0.29, 0.717) is 55.0 Å². The molecule has 0 fully saturated rings. The minimum atomic E-state index is -0.641. The van der Waals surface area contributed by atoms with Crippen LogP contribution in [0.1, 0.15) is 43.5 Å². The van der Waals surface area contributed by atoms with Gasteiger partial charge in [0.25, 0.3) is 0 Å². The van der Waals surface area contributed by atoms with E-state index in [1.54, 1.807) is 16.8 Å². The molecule has 1 aliphatic rings. The molecule has 0 saturated heterocycles. The maximum atomic E-state index is 13.7. The molecular formula is C31H29BrCl2N4O4S. The molecular weight excluding hydrogens is 675 g/mol. The van der Waals surface area contributed by atoms with E-state index in [1.165, 1.54) is 11.8 Å². The van der Waals surface area contributed by atoms with Crippen LogP contribution in [0, 0.1) is 0 Å². The standard InChI is InChI=1S/C31H29BrCl2N4O4S/c1-4-40-25-15-21(14-22(32)28(25)41-17-20-11-12-23(33)24(34)13-20)27-26(29(39)42-16-19-9-7-6-8-10-19)18(3)35-30-36-31(43-5-2)37-38(27)30/h6-15,27H,4-5,16-17H2,1-3H3,(H,35,36,37). The molecule has 224 valence electrons. The van der Waals surface area contributed by atoms with Crippen LogP contribution in [0.3, 0.4) is 0 Å². The number of nitrogens with one attached hydrogen (secondary N) is 1. The summed E-state index contributed by atoms with van der Waals surface area (Å²) in [4.78, 5) is 18.4. The van der Waals surface area contributed by atoms with E-state index in [0.717, 1.165) is 22.4 Å². The van der Waals surface area contributed by atoms with Crippen molar-refractivity contribution in [3.8, 4) is 11.5 Å². The second-order valence-corrected chi connectivity index (χ2v) is 12.4. The van der Waals surface area contributed by atoms with Crippen LogP contribution in [0.25, 0.3) is 0 Å². The largest absolute Gasteiger partial charge is 0.490 e. The van der Waals surface area contributed by atoms with Crippen molar-refractivity contribution >= 4 is 62.8 Å². The molecule has 12 heteroatoms. The fourth-order valence-corrected chi connectivity index (χ4v) is 6.08. The van der Waals surface area contributed by atoms with E-state index in [2.05, 4.69) is 26.2 Å². The molecule has 5 rings (SSSR count). The first-order valence-corrected chi connectivity index (χ1v) is 16.1. The Hall–Kier alpha value is -3.18. The molecule has 1 unspecified atom stereocenters. The Morgan fingerprint density at radius 3 is 2.53 bits per heavy atom. The lowest BCUT2D eigenvalue weighted by molar-refractivity contribution is -0.140. The lowest BCUT2D eigenvalue weighted by atomic mass is 9.95. The summed E-state index contributed by atoms with van der Waals surface area (Å²) < 4.78 is 20.4. The molecule has 1 N–H and O–H groups in total. The van der Waals surface area contributed by atoms with Gasteiger partial charge >= 0.3 is 5.97 Å². The van der Waals surface area contributed by atoms with Gasteiger partial charge in [-0.3, -0.25) is 0 Å². The number of hydrogen-bond acceptors (Lipinski definition) is 8. The molecule has 4 aromatic rings. The molecule has 0 bridgehead atoms. The van der Waals surface area contributed by atoms with Crippen LogP contribution in [-0.2, 0) is 22.7 Å². The van der Waals surface area contributed by atoms with Crippen LogP contribution < -0.4 is 14.8 Å². The normalized spacial score (nSPS) is 14.2. The zero-order chi connectivity index (χ0) is 30.5. The summed E-state index contributed by atoms with van der Waals surface area (Å²) in [7, 11) is 0. The van der Waals surface area contributed by atoms with Crippen LogP contribution in [0.15, 0.2) is 81.6 Å². The Balaban J connectivity index is 1.52. The number of benzene rings is 3. The maximum Gasteiger partial charge on any atom is 0.338 e. The van der Waals surface area contributed by atoms with Gasteiger partial charge in [-0.15, -0.1) is 5.10 Å². The Morgan fingerprint density at radius 2 is 1.81 bits per heavy atom. The average Bonchev–Trinajstić information content (AvgIpc) is 3.39. The lowest BCUT2D eigenvalue weighted by Gasteiger charge is -2.29. The van der Waals surface area contributed by atoms with Crippen molar-refractivity contribution in [1.29, 1.82) is 0 Å². The van der Waals surface area contributed by atoms with E-state index in [1.807, 2.05) is 69.3 Å². The number of esters is 1. The highest BCUT2D eigenvalue weighted by molar-refractivity contribution is 9.10. The summed E-state index contributed by atoms with van der Waals surface area (Å²) in [5.74, 6) is 1.90. The Morgan fingerprint density at radius 1 is 1.02 bits per heavy atom. The van der Waals surface area contributed by atoms with Crippen molar-refractivity contribution in [1.82, 2.24) is 14.8 Å². The molecule has 3 aromatic carbocycles. The van der Waals surface area contributed by atoms with Crippen LogP contribution in [-0.4, -0.2) is 33.1 Å². The van der Waals surface area contributed by atoms with E-state index in [9.17, 15) is 4.79 Å². The van der Waals surface area contributed by atoms with Gasteiger partial charge in [0.1, 0.15) is 19.3 Å². The average molecular weight is 704 g/mol. The number of carbonyl (C=O) groups excluding carboxylic acids is 1. The van der Waals surface area contributed by atoms with Gasteiger partial charge in [-0.05, 0) is 76.5 Å². The van der Waals surface area contributed by atoms with Crippen molar-refractivity contribution in [2.45, 2.75) is 45.2 Å². The minimum absolute atomic E-state index is 0.139. The Bertz CT molecular complexity index is 1670. The monoisotopic (exact) mass is 702 g/mol. The SMILES string of the molecule is CCOc1cc(C2C(C(=O)OCc3ccccc3)=C(C)Nc3nc(SCC)nn32)cc(Br)c1OCc1ccc(Cl)c(Cl)c1. The Labute approximate surface area is 272 Å². The number of thioether (sulfide) groups is 1. The van der Waals surface area contributed by atoms with Crippen LogP contribution in [0.5, 0.6) is 11.5 Å². The number of nitrogens with zero attached hydrogens (tertiary/aromatic N) is 3. The highest BCUT2D eigenvalue weighted by atomic mass is 79.9. The first-order chi connectivity index (χ1) is 20.8. The lowest BCUT2D eigenvalue weighted by Crippen LogP contribution is -2.29. The first-order valence-electron chi connectivity index (χ1n) is 13.6. The van der Waals surface area contributed by atoms with Crippen LogP contribution in [0.4, 0.5) is 5.95 Å². The summed E-state index contributed by atoms with van der Waals surface area (Å²) in [5, 5.41) is 9.53. The number of ether oxygens (including phenoxy) is 3. The highest BCUT2D eigenvalue weighted by Gasteiger charge is 2.36. The molecule has 1 aliphatic heterocycles. The molecule has 0 aliphatic carbocycles. The molecule has 0 saturated carbocycles. The first kappa shape index (κ1) is 31.3. The third-order valence-corrected chi connectivity index (χ3v) is 8.60. The van der Waals surface area contributed by atoms with E-state index in [-0.39, 0.29) is 13.2 Å². The molecule has 0 spiro atoms. The molecule has 0 amide bonds. The molecule has 2 heterocycles. The number of hydrogen-bond donors (Lipinski definition) is 1. The van der Waals surface area contributed by atoms with Gasteiger partial charge < -0.3 is 19.5 Å². The number of halogens is 3. The zero-order valence-electron chi connectivity index (χ0n) is 23.7. The molecule has 1 atom stereocenters. The number of rotatable bonds is 11. The van der Waals surface area contributed by atoms with Crippen molar-refractivity contribution in [3.05, 3.63) is 103 Å². The van der Waals surface area contributed by atoms with Crippen LogP contribution in [0.2, 0.25) is 10.0 Å². The van der Waals surface area contributed by atoms with Gasteiger partial charge in [0.05, 0.1) is 26.7 Å². The second kappa shape index (κ2) is 14.1. The van der Waals surface area contributed by atoms with Crippen molar-refractivity contribution in [2.75, 3.05) is 17.7 Å². The zero-order valence-corrected chi connectivity index (χ0v) is 27.6. The summed E-state index contributed by atoms with van der Waals surface area (Å²) in [5.41, 5.74) is 3.53. The molecule has 1 aromatic heterocycles. The maximum absolute atomic E-state index is 13.7. The topological polar surface area (TPSA) is 87.5 Å². The van der Waals surface area contributed by atoms with E-state index >= 15 is 0 Å².